The van der Waals surface area contributed by atoms with Crippen LogP contribution in [0.25, 0.3) is 11.3 Å². The minimum atomic E-state index is -0.0343. The Balaban J connectivity index is 1.48. The molecule has 1 aliphatic rings. The Bertz CT molecular complexity index is 1010. The first-order valence-electron chi connectivity index (χ1n) is 10.2. The third-order valence-corrected chi connectivity index (χ3v) is 5.40. The summed E-state index contributed by atoms with van der Waals surface area (Å²) in [5.41, 5.74) is 5.90. The molecule has 1 aliphatic heterocycles. The molecule has 0 spiro atoms. The van der Waals surface area contributed by atoms with Gasteiger partial charge in [0.05, 0.1) is 25.5 Å². The number of carbonyl (C=O) groups excluding carboxylic acids is 1. The summed E-state index contributed by atoms with van der Waals surface area (Å²) in [5.74, 6) is -0.0343. The van der Waals surface area contributed by atoms with Gasteiger partial charge in [0.1, 0.15) is 5.69 Å². The fourth-order valence-corrected chi connectivity index (χ4v) is 3.85. The lowest BCUT2D eigenvalue weighted by atomic mass is 10.0. The Morgan fingerprint density at radius 1 is 1.17 bits per heavy atom. The van der Waals surface area contributed by atoms with Crippen LogP contribution in [-0.2, 0) is 35.5 Å². The Morgan fingerprint density at radius 2 is 2.03 bits per heavy atom. The maximum Gasteiger partial charge on any atom is 0.274 e. The predicted octanol–water partition coefficient (Wildman–Crippen LogP) is 2.31. The van der Waals surface area contributed by atoms with Gasteiger partial charge in [-0.2, -0.15) is 10.2 Å². The van der Waals surface area contributed by atoms with Crippen LogP contribution in [0.2, 0.25) is 0 Å². The molecule has 0 saturated heterocycles. The molecule has 1 amide bonds. The number of fused-ring (bicyclic) bond motifs is 1. The highest BCUT2D eigenvalue weighted by Gasteiger charge is 2.25. The largest absolute Gasteiger partial charge is 0.383 e. The zero-order valence-corrected chi connectivity index (χ0v) is 17.4. The molecule has 8 nitrogen and oxygen atoms in total. The molecule has 0 radical (unpaired) electrons. The first kappa shape index (κ1) is 20.3. The summed E-state index contributed by atoms with van der Waals surface area (Å²) >= 11 is 0. The fourth-order valence-electron chi connectivity index (χ4n) is 3.85. The van der Waals surface area contributed by atoms with E-state index in [2.05, 4.69) is 27.4 Å². The number of methoxy groups -OCH3 is 2. The molecule has 3 aromatic rings. The van der Waals surface area contributed by atoms with Gasteiger partial charge in [-0.05, 0) is 24.1 Å². The van der Waals surface area contributed by atoms with Crippen molar-refractivity contribution in [2.75, 3.05) is 33.9 Å². The highest BCUT2D eigenvalue weighted by atomic mass is 16.5. The molecule has 4 rings (SSSR count). The lowest BCUT2D eigenvalue weighted by Crippen LogP contribution is -2.33. The number of H-pyrrole nitrogens is 1. The number of nitrogens with zero attached hydrogens (tertiary/aromatic N) is 4. The number of amides is 1. The molecule has 0 bridgehead atoms. The number of rotatable bonds is 7. The van der Waals surface area contributed by atoms with Gasteiger partial charge in [-0.3, -0.25) is 14.6 Å². The van der Waals surface area contributed by atoms with Gasteiger partial charge in [-0.1, -0.05) is 18.2 Å². The number of hydrogen-bond acceptors (Lipinski definition) is 5. The van der Waals surface area contributed by atoms with E-state index in [1.165, 1.54) is 5.56 Å². The van der Waals surface area contributed by atoms with E-state index < -0.39 is 0 Å². The van der Waals surface area contributed by atoms with Crippen molar-refractivity contribution in [3.05, 3.63) is 59.0 Å². The Morgan fingerprint density at radius 3 is 2.87 bits per heavy atom. The molecule has 0 atom stereocenters. The standard InChI is InChI=1S/C22H27N5O3/c1-29-13-12-27-11-8-20(25-27)22(28)26-9-6-18-19(7-10-26)23-24-21(18)17-5-3-4-16(14-17)15-30-2/h3-5,8,11,14H,6-7,9-10,12-13,15H2,1-2H3,(H,23,24). The third-order valence-electron chi connectivity index (χ3n) is 5.40. The van der Waals surface area contributed by atoms with Crippen molar-refractivity contribution in [3.63, 3.8) is 0 Å². The minimum absolute atomic E-state index is 0.0343. The molecule has 0 unspecified atom stereocenters. The molecular weight excluding hydrogens is 382 g/mol. The van der Waals surface area contributed by atoms with E-state index in [1.807, 2.05) is 23.2 Å². The van der Waals surface area contributed by atoms with Crippen molar-refractivity contribution in [2.24, 2.45) is 0 Å². The van der Waals surface area contributed by atoms with Crippen molar-refractivity contribution in [1.82, 2.24) is 24.9 Å². The Hall–Kier alpha value is -2.97. The Labute approximate surface area is 175 Å². The number of ether oxygens (including phenoxy) is 2. The first-order chi connectivity index (χ1) is 14.7. The zero-order chi connectivity index (χ0) is 20.9. The molecule has 2 aromatic heterocycles. The summed E-state index contributed by atoms with van der Waals surface area (Å²) in [6, 6.07) is 10.0. The van der Waals surface area contributed by atoms with Gasteiger partial charge in [0.15, 0.2) is 0 Å². The van der Waals surface area contributed by atoms with E-state index in [4.69, 9.17) is 9.47 Å². The summed E-state index contributed by atoms with van der Waals surface area (Å²) in [5, 5.41) is 12.2. The predicted molar refractivity (Wildman–Crippen MR) is 112 cm³/mol. The van der Waals surface area contributed by atoms with Crippen LogP contribution in [0.5, 0.6) is 0 Å². The maximum absolute atomic E-state index is 13.0. The zero-order valence-electron chi connectivity index (χ0n) is 17.4. The van der Waals surface area contributed by atoms with Gasteiger partial charge >= 0.3 is 0 Å². The van der Waals surface area contributed by atoms with Crippen LogP contribution < -0.4 is 0 Å². The van der Waals surface area contributed by atoms with Crippen LogP contribution in [0.1, 0.15) is 27.3 Å². The maximum atomic E-state index is 13.0. The van der Waals surface area contributed by atoms with Crippen molar-refractivity contribution >= 4 is 5.91 Å². The number of carbonyl (C=O) groups is 1. The van der Waals surface area contributed by atoms with Gasteiger partial charge in [0.2, 0.25) is 0 Å². The summed E-state index contributed by atoms with van der Waals surface area (Å²) in [7, 11) is 3.35. The van der Waals surface area contributed by atoms with Crippen LogP contribution in [0.4, 0.5) is 0 Å². The minimum Gasteiger partial charge on any atom is -0.383 e. The van der Waals surface area contributed by atoms with E-state index in [9.17, 15) is 4.79 Å². The van der Waals surface area contributed by atoms with E-state index in [0.717, 1.165) is 35.4 Å². The number of hydrogen-bond donors (Lipinski definition) is 1. The number of benzene rings is 1. The summed E-state index contributed by atoms with van der Waals surface area (Å²) < 4.78 is 12.1. The number of nitrogens with one attached hydrogen (secondary N) is 1. The van der Waals surface area contributed by atoms with Crippen LogP contribution in [-0.4, -0.2) is 64.7 Å². The summed E-state index contributed by atoms with van der Waals surface area (Å²) in [6.45, 7) is 3.05. The van der Waals surface area contributed by atoms with Crippen molar-refractivity contribution in [2.45, 2.75) is 26.0 Å². The molecule has 1 N–H and O–H groups in total. The lowest BCUT2D eigenvalue weighted by molar-refractivity contribution is 0.0755. The molecule has 8 heteroatoms. The van der Waals surface area contributed by atoms with E-state index >= 15 is 0 Å². The van der Waals surface area contributed by atoms with Crippen molar-refractivity contribution in [3.8, 4) is 11.3 Å². The third kappa shape index (κ3) is 4.29. The second kappa shape index (κ2) is 9.23. The molecule has 0 fully saturated rings. The fraction of sp³-hybridized carbons (Fsp3) is 0.409. The van der Waals surface area contributed by atoms with E-state index in [0.29, 0.717) is 38.5 Å². The lowest BCUT2D eigenvalue weighted by Gasteiger charge is -2.19. The average Bonchev–Trinajstić information content (AvgIpc) is 3.34. The van der Waals surface area contributed by atoms with E-state index in [-0.39, 0.29) is 5.91 Å². The monoisotopic (exact) mass is 409 g/mol. The van der Waals surface area contributed by atoms with Gasteiger partial charge in [0.25, 0.3) is 5.91 Å². The Kier molecular flexibility index (Phi) is 6.25. The highest BCUT2D eigenvalue weighted by molar-refractivity contribution is 5.92. The quantitative estimate of drug-likeness (QED) is 0.647. The van der Waals surface area contributed by atoms with Crippen LogP contribution in [0.15, 0.2) is 36.5 Å². The average molecular weight is 409 g/mol. The van der Waals surface area contributed by atoms with Crippen molar-refractivity contribution in [1.29, 1.82) is 0 Å². The molecule has 30 heavy (non-hydrogen) atoms. The topological polar surface area (TPSA) is 85.3 Å². The number of aromatic nitrogens is 4. The van der Waals surface area contributed by atoms with Gasteiger partial charge in [0, 0.05) is 56.7 Å². The van der Waals surface area contributed by atoms with Gasteiger partial charge in [-0.15, -0.1) is 0 Å². The second-order valence-corrected chi connectivity index (χ2v) is 7.41. The summed E-state index contributed by atoms with van der Waals surface area (Å²) in [4.78, 5) is 14.8. The second-order valence-electron chi connectivity index (χ2n) is 7.41. The summed E-state index contributed by atoms with van der Waals surface area (Å²) in [6.07, 6.45) is 3.32. The molecule has 158 valence electrons. The van der Waals surface area contributed by atoms with Crippen LogP contribution >= 0.6 is 0 Å². The van der Waals surface area contributed by atoms with Crippen LogP contribution in [0, 0.1) is 0 Å². The molecule has 0 aliphatic carbocycles. The first-order valence-corrected chi connectivity index (χ1v) is 10.2. The highest BCUT2D eigenvalue weighted by Crippen LogP contribution is 2.27. The van der Waals surface area contributed by atoms with E-state index in [1.54, 1.807) is 25.0 Å². The number of aromatic amines is 1. The molecule has 1 aromatic carbocycles. The van der Waals surface area contributed by atoms with Gasteiger partial charge in [-0.25, -0.2) is 0 Å². The molecule has 3 heterocycles. The normalized spacial score (nSPS) is 13.9. The van der Waals surface area contributed by atoms with Crippen LogP contribution in [0.3, 0.4) is 0 Å². The SMILES string of the molecule is COCCn1ccc(C(=O)N2CCc3[nH]nc(-c4cccc(COC)c4)c3CC2)n1. The van der Waals surface area contributed by atoms with Crippen molar-refractivity contribution < 1.29 is 14.3 Å². The van der Waals surface area contributed by atoms with Gasteiger partial charge < -0.3 is 14.4 Å². The molecule has 0 saturated carbocycles. The smallest absolute Gasteiger partial charge is 0.274 e. The molecular formula is C22H27N5O3.